The number of furan rings is 1. The Morgan fingerprint density at radius 3 is 2.63 bits per heavy atom. The Hall–Kier alpha value is -2.60. The average molecular weight is 385 g/mol. The summed E-state index contributed by atoms with van der Waals surface area (Å²) in [6, 6.07) is 7.07. The highest BCUT2D eigenvalue weighted by Gasteiger charge is 2.22. The van der Waals surface area contributed by atoms with E-state index in [-0.39, 0.29) is 11.7 Å². The minimum Gasteiger partial charge on any atom is -0.507 e. The summed E-state index contributed by atoms with van der Waals surface area (Å²) in [5.74, 6) is 1.26. The molecule has 0 aliphatic heterocycles. The number of amides is 1. The highest BCUT2D eigenvalue weighted by Crippen LogP contribution is 2.46. The number of phenols is 1. The van der Waals surface area contributed by atoms with Crippen molar-refractivity contribution >= 4 is 34.3 Å². The molecular weight excluding hydrogens is 362 g/mol. The second-order valence-corrected chi connectivity index (χ2v) is 7.13. The highest BCUT2D eigenvalue weighted by molar-refractivity contribution is 7.99. The topological polar surface area (TPSA) is 71.7 Å². The smallest absolute Gasteiger partial charge is 0.224 e. The second kappa shape index (κ2) is 7.56. The molecule has 2 N–H and O–H groups in total. The summed E-state index contributed by atoms with van der Waals surface area (Å²) in [6.07, 6.45) is 2.39. The third-order valence-electron chi connectivity index (χ3n) is 4.62. The van der Waals surface area contributed by atoms with Gasteiger partial charge in [0.1, 0.15) is 17.1 Å². The molecule has 6 heteroatoms. The number of hydrogen-bond acceptors (Lipinski definition) is 5. The second-order valence-electron chi connectivity index (χ2n) is 6.32. The normalized spacial score (nSPS) is 11.0. The van der Waals surface area contributed by atoms with Crippen LogP contribution in [0.25, 0.3) is 22.3 Å². The predicted octanol–water partition coefficient (Wildman–Crippen LogP) is 5.50. The number of benzene rings is 2. The van der Waals surface area contributed by atoms with Crippen LogP contribution in [0.4, 0.5) is 5.69 Å². The zero-order valence-electron chi connectivity index (χ0n) is 16.1. The first-order valence-corrected chi connectivity index (χ1v) is 9.91. The molecule has 0 fully saturated rings. The van der Waals surface area contributed by atoms with E-state index in [9.17, 15) is 9.90 Å². The van der Waals surface area contributed by atoms with Crippen molar-refractivity contribution in [3.05, 3.63) is 35.4 Å². The molecule has 0 atom stereocenters. The van der Waals surface area contributed by atoms with Crippen molar-refractivity contribution in [3.8, 4) is 22.8 Å². The molecule has 0 unspecified atom stereocenters. The van der Waals surface area contributed by atoms with Gasteiger partial charge in [-0.1, -0.05) is 6.92 Å². The molecule has 3 rings (SSSR count). The Morgan fingerprint density at radius 1 is 1.30 bits per heavy atom. The van der Waals surface area contributed by atoms with Crippen molar-refractivity contribution in [3.63, 3.8) is 0 Å². The number of aryl methyl sites for hydroxylation is 2. The molecule has 0 saturated carbocycles. The number of carbonyl (C=O) groups is 1. The van der Waals surface area contributed by atoms with Crippen molar-refractivity contribution in [1.82, 2.24) is 0 Å². The number of thioether (sulfide) groups is 1. The van der Waals surface area contributed by atoms with Gasteiger partial charge in [0.05, 0.1) is 17.6 Å². The fraction of sp³-hybridized carbons (Fsp3) is 0.286. The van der Waals surface area contributed by atoms with Crippen LogP contribution < -0.4 is 10.1 Å². The molecule has 0 saturated heterocycles. The third-order valence-corrected chi connectivity index (χ3v) is 5.42. The van der Waals surface area contributed by atoms with Gasteiger partial charge in [-0.3, -0.25) is 4.79 Å². The van der Waals surface area contributed by atoms with Gasteiger partial charge in [-0.25, -0.2) is 0 Å². The van der Waals surface area contributed by atoms with Crippen LogP contribution >= 0.6 is 11.8 Å². The van der Waals surface area contributed by atoms with Crippen LogP contribution in [-0.2, 0) is 4.79 Å². The molecule has 3 aromatic rings. The number of methoxy groups -OCH3 is 1. The molecule has 142 valence electrons. The maximum absolute atomic E-state index is 11.9. The SMILES string of the molecule is CCC(=O)Nc1c(C)cc2oc(-c3ccc(OC)cc3O)c(SC)c2c1C. The van der Waals surface area contributed by atoms with Crippen molar-refractivity contribution in [2.45, 2.75) is 32.1 Å². The summed E-state index contributed by atoms with van der Waals surface area (Å²) in [7, 11) is 1.56. The van der Waals surface area contributed by atoms with Crippen molar-refractivity contribution in [1.29, 1.82) is 0 Å². The fourth-order valence-corrected chi connectivity index (χ4v) is 4.00. The van der Waals surface area contributed by atoms with E-state index < -0.39 is 0 Å². The zero-order valence-corrected chi connectivity index (χ0v) is 16.9. The van der Waals surface area contributed by atoms with E-state index in [4.69, 9.17) is 9.15 Å². The minimum absolute atomic E-state index is 0.0252. The van der Waals surface area contributed by atoms with Gasteiger partial charge in [-0.05, 0) is 49.4 Å². The highest BCUT2D eigenvalue weighted by atomic mass is 32.2. The first-order valence-electron chi connectivity index (χ1n) is 8.69. The van der Waals surface area contributed by atoms with Gasteiger partial charge in [-0.2, -0.15) is 0 Å². The summed E-state index contributed by atoms with van der Waals surface area (Å²) >= 11 is 1.55. The molecule has 1 amide bonds. The first-order chi connectivity index (χ1) is 12.9. The van der Waals surface area contributed by atoms with Crippen LogP contribution in [0.3, 0.4) is 0 Å². The van der Waals surface area contributed by atoms with E-state index >= 15 is 0 Å². The number of hydrogen-bond donors (Lipinski definition) is 2. The number of phenolic OH excluding ortho intramolecular Hbond substituents is 1. The lowest BCUT2D eigenvalue weighted by Gasteiger charge is -2.12. The maximum atomic E-state index is 11.9. The van der Waals surface area contributed by atoms with Gasteiger partial charge in [0.2, 0.25) is 5.91 Å². The molecule has 0 spiro atoms. The molecule has 1 heterocycles. The van der Waals surface area contributed by atoms with Crippen LogP contribution in [-0.4, -0.2) is 24.4 Å². The van der Waals surface area contributed by atoms with E-state index in [0.29, 0.717) is 23.5 Å². The quantitative estimate of drug-likeness (QED) is 0.567. The van der Waals surface area contributed by atoms with Crippen LogP contribution in [0.2, 0.25) is 0 Å². The Balaban J connectivity index is 2.25. The summed E-state index contributed by atoms with van der Waals surface area (Å²) in [6.45, 7) is 5.76. The van der Waals surface area contributed by atoms with E-state index in [0.717, 1.165) is 32.7 Å². The lowest BCUT2D eigenvalue weighted by atomic mass is 10.0. The first kappa shape index (κ1) is 19.2. The summed E-state index contributed by atoms with van der Waals surface area (Å²) in [4.78, 5) is 12.8. The number of ether oxygens (including phenoxy) is 1. The predicted molar refractivity (Wildman–Crippen MR) is 110 cm³/mol. The van der Waals surface area contributed by atoms with E-state index in [1.54, 1.807) is 37.1 Å². The van der Waals surface area contributed by atoms with Crippen molar-refractivity contribution in [2.24, 2.45) is 0 Å². The summed E-state index contributed by atoms with van der Waals surface area (Å²) in [5.41, 5.74) is 4.05. The van der Waals surface area contributed by atoms with Crippen LogP contribution in [0, 0.1) is 13.8 Å². The van der Waals surface area contributed by atoms with Gasteiger partial charge in [0.15, 0.2) is 5.76 Å². The number of carbonyl (C=O) groups excluding carboxylic acids is 1. The Kier molecular flexibility index (Phi) is 5.37. The Labute approximate surface area is 162 Å². The van der Waals surface area contributed by atoms with Gasteiger partial charge >= 0.3 is 0 Å². The van der Waals surface area contributed by atoms with E-state index in [1.165, 1.54) is 0 Å². The molecule has 0 bridgehead atoms. The standard InChI is InChI=1S/C21H23NO4S/c1-6-17(24)22-19-11(2)9-16-18(12(19)3)21(27-5)20(26-16)14-8-7-13(25-4)10-15(14)23/h7-10,23H,6H2,1-5H3,(H,22,24). The molecule has 0 radical (unpaired) electrons. The molecule has 2 aromatic carbocycles. The molecule has 5 nitrogen and oxygen atoms in total. The van der Waals surface area contributed by atoms with Gasteiger partial charge < -0.3 is 19.6 Å². The average Bonchev–Trinajstić information content (AvgIpc) is 3.02. The number of nitrogens with one attached hydrogen (secondary N) is 1. The zero-order chi connectivity index (χ0) is 19.7. The summed E-state index contributed by atoms with van der Waals surface area (Å²) < 4.78 is 11.3. The lowest BCUT2D eigenvalue weighted by molar-refractivity contribution is -0.115. The number of rotatable bonds is 5. The van der Waals surface area contributed by atoms with Crippen molar-refractivity contribution in [2.75, 3.05) is 18.7 Å². The minimum atomic E-state index is -0.0252. The van der Waals surface area contributed by atoms with Crippen LogP contribution in [0.15, 0.2) is 33.6 Å². The van der Waals surface area contributed by atoms with E-state index in [2.05, 4.69) is 5.32 Å². The molecule has 1 aromatic heterocycles. The number of aromatic hydroxyl groups is 1. The van der Waals surface area contributed by atoms with Gasteiger partial charge in [0, 0.05) is 23.6 Å². The van der Waals surface area contributed by atoms with Crippen LogP contribution in [0.1, 0.15) is 24.5 Å². The van der Waals surface area contributed by atoms with Crippen LogP contribution in [0.5, 0.6) is 11.5 Å². The van der Waals surface area contributed by atoms with E-state index in [1.807, 2.05) is 33.1 Å². The lowest BCUT2D eigenvalue weighted by Crippen LogP contribution is -2.11. The fourth-order valence-electron chi connectivity index (χ4n) is 3.20. The maximum Gasteiger partial charge on any atom is 0.224 e. The molecule has 0 aliphatic rings. The van der Waals surface area contributed by atoms with Gasteiger partial charge in [-0.15, -0.1) is 11.8 Å². The van der Waals surface area contributed by atoms with Gasteiger partial charge in [0.25, 0.3) is 0 Å². The monoisotopic (exact) mass is 385 g/mol. The van der Waals surface area contributed by atoms with Crippen molar-refractivity contribution < 1.29 is 19.1 Å². The number of anilines is 1. The molecule has 27 heavy (non-hydrogen) atoms. The largest absolute Gasteiger partial charge is 0.507 e. The molecular formula is C21H23NO4S. The summed E-state index contributed by atoms with van der Waals surface area (Å²) in [5, 5.41) is 14.4. The molecule has 0 aliphatic carbocycles. The Morgan fingerprint density at radius 2 is 2.04 bits per heavy atom. The number of fused-ring (bicyclic) bond motifs is 1. The third kappa shape index (κ3) is 3.37. The Bertz CT molecular complexity index is 1020.